The third-order valence-corrected chi connectivity index (χ3v) is 13.7. The van der Waals surface area contributed by atoms with Crippen molar-refractivity contribution in [2.24, 2.45) is 0 Å². The summed E-state index contributed by atoms with van der Waals surface area (Å²) in [5.41, 5.74) is 17.8. The average molecular weight is 769 g/mol. The molecule has 2 aliphatic heterocycles. The number of hydrogen-bond donors (Lipinski definition) is 0. The molecule has 0 fully saturated rings. The predicted molar refractivity (Wildman–Crippen MR) is 252 cm³/mol. The van der Waals surface area contributed by atoms with Gasteiger partial charge in [-0.25, -0.2) is 0 Å². The Balaban J connectivity index is 0.927. The predicted octanol–water partition coefficient (Wildman–Crippen LogP) is 13.4. The number of hydrogen-bond acceptors (Lipinski definition) is 4. The quantitative estimate of drug-likeness (QED) is 0.166. The van der Waals surface area contributed by atoms with Crippen LogP contribution in [0.15, 0.2) is 205 Å². The van der Waals surface area contributed by atoms with Gasteiger partial charge in [0.25, 0.3) is 6.71 Å². The highest BCUT2D eigenvalue weighted by atomic mass is 32.1. The van der Waals surface area contributed by atoms with E-state index in [0.717, 1.165) is 33.3 Å². The number of rotatable bonds is 4. The molecule has 2 aromatic heterocycles. The first kappa shape index (κ1) is 32.7. The molecule has 0 bridgehead atoms. The van der Waals surface area contributed by atoms with Gasteiger partial charge in [-0.15, -0.1) is 11.3 Å². The summed E-state index contributed by atoms with van der Waals surface area (Å²) >= 11 is 1.88. The maximum absolute atomic E-state index is 6.14. The van der Waals surface area contributed by atoms with Crippen LogP contribution >= 0.6 is 11.3 Å². The van der Waals surface area contributed by atoms with Gasteiger partial charge < -0.3 is 14.2 Å². The molecule has 9 aromatic carbocycles. The Morgan fingerprint density at radius 3 is 1.66 bits per heavy atom. The van der Waals surface area contributed by atoms with Crippen LogP contribution < -0.4 is 26.2 Å². The lowest BCUT2D eigenvalue weighted by Gasteiger charge is -2.44. The fourth-order valence-corrected chi connectivity index (χ4v) is 11.1. The molecule has 0 saturated heterocycles. The third-order valence-electron chi connectivity index (χ3n) is 12.5. The van der Waals surface area contributed by atoms with Crippen molar-refractivity contribution >= 4 is 111 Å². The van der Waals surface area contributed by atoms with Crippen molar-refractivity contribution in [3.05, 3.63) is 200 Å². The van der Waals surface area contributed by atoms with E-state index in [1.807, 2.05) is 23.5 Å². The highest BCUT2D eigenvalue weighted by Crippen LogP contribution is 2.45. The summed E-state index contributed by atoms with van der Waals surface area (Å²) in [6.45, 7) is 0.0988. The number of furan rings is 1. The van der Waals surface area contributed by atoms with E-state index in [1.165, 1.54) is 81.6 Å². The molecule has 3 nitrogen and oxygen atoms in total. The minimum absolute atomic E-state index is 0.0988. The number of thiophene rings is 1. The van der Waals surface area contributed by atoms with Crippen molar-refractivity contribution in [2.45, 2.75) is 0 Å². The van der Waals surface area contributed by atoms with Crippen LogP contribution in [0.2, 0.25) is 0 Å². The molecule has 0 aliphatic carbocycles. The van der Waals surface area contributed by atoms with E-state index in [0.29, 0.717) is 0 Å². The zero-order chi connectivity index (χ0) is 38.6. The Labute approximate surface area is 345 Å². The van der Waals surface area contributed by atoms with E-state index in [9.17, 15) is 0 Å². The first-order chi connectivity index (χ1) is 29.3. The van der Waals surface area contributed by atoms with Gasteiger partial charge in [-0.05, 0) is 111 Å². The lowest BCUT2D eigenvalue weighted by molar-refractivity contribution is 0.669. The van der Waals surface area contributed by atoms with Gasteiger partial charge in [-0.3, -0.25) is 0 Å². The SMILES string of the molecule is c1ccc2c(c1)B1c3ccccc3N(c3ccc(-c4cccc5c4sc4ccccc45)cc3)c3cccc(c31)N2c1ccc(-c2ccc3oc4ccccc4c3c2)cc1. The maximum Gasteiger partial charge on any atom is 0.252 e. The number of benzene rings is 9. The minimum atomic E-state index is 0.0988. The molecule has 0 amide bonds. The number of anilines is 6. The molecule has 4 heterocycles. The Kier molecular flexibility index (Phi) is 6.98. The van der Waals surface area contributed by atoms with Crippen LogP contribution in [0, 0.1) is 0 Å². The fraction of sp³-hybridized carbons (Fsp3) is 0. The van der Waals surface area contributed by atoms with Crippen LogP contribution in [0.25, 0.3) is 64.4 Å². The maximum atomic E-state index is 6.14. The van der Waals surface area contributed by atoms with Gasteiger partial charge in [-0.2, -0.15) is 0 Å². The van der Waals surface area contributed by atoms with Gasteiger partial charge in [-0.1, -0.05) is 127 Å². The van der Waals surface area contributed by atoms with E-state index in [-0.39, 0.29) is 6.71 Å². The molecular weight excluding hydrogens is 735 g/mol. The number of nitrogens with zero attached hydrogens (tertiary/aromatic N) is 2. The van der Waals surface area contributed by atoms with Crippen LogP contribution in [0.1, 0.15) is 0 Å². The molecule has 0 N–H and O–H groups in total. The van der Waals surface area contributed by atoms with Gasteiger partial charge >= 0.3 is 0 Å². The molecule has 5 heteroatoms. The Hall–Kier alpha value is -7.34. The lowest BCUT2D eigenvalue weighted by atomic mass is 9.33. The molecular formula is C54H33BN2OS. The van der Waals surface area contributed by atoms with Gasteiger partial charge in [0.05, 0.1) is 0 Å². The van der Waals surface area contributed by atoms with Crippen molar-refractivity contribution < 1.29 is 4.42 Å². The van der Waals surface area contributed by atoms with Crippen molar-refractivity contribution in [3.8, 4) is 22.3 Å². The van der Waals surface area contributed by atoms with Crippen LogP contribution in [0.3, 0.4) is 0 Å². The van der Waals surface area contributed by atoms with E-state index in [2.05, 4.69) is 198 Å². The summed E-state index contributed by atoms with van der Waals surface area (Å²) in [5, 5.41) is 4.93. The topological polar surface area (TPSA) is 19.6 Å². The van der Waals surface area contributed by atoms with Gasteiger partial charge in [0.15, 0.2) is 0 Å². The molecule has 59 heavy (non-hydrogen) atoms. The zero-order valence-electron chi connectivity index (χ0n) is 31.8. The smallest absolute Gasteiger partial charge is 0.252 e. The number of para-hydroxylation sites is 3. The Morgan fingerprint density at radius 2 is 0.932 bits per heavy atom. The van der Waals surface area contributed by atoms with Crippen LogP contribution in [-0.2, 0) is 0 Å². The van der Waals surface area contributed by atoms with Crippen molar-refractivity contribution in [2.75, 3.05) is 9.80 Å². The lowest BCUT2D eigenvalue weighted by Crippen LogP contribution is -2.61. The third kappa shape index (κ3) is 4.83. The summed E-state index contributed by atoms with van der Waals surface area (Å²) in [4.78, 5) is 4.93. The van der Waals surface area contributed by atoms with E-state index in [4.69, 9.17) is 4.42 Å². The van der Waals surface area contributed by atoms with Gasteiger partial charge in [0, 0.05) is 65.1 Å². The molecule has 0 atom stereocenters. The molecule has 11 aromatic rings. The molecule has 0 unspecified atom stereocenters. The fourth-order valence-electron chi connectivity index (χ4n) is 9.87. The van der Waals surface area contributed by atoms with Crippen LogP contribution in [-0.4, -0.2) is 6.71 Å². The Morgan fingerprint density at radius 1 is 0.390 bits per heavy atom. The second kappa shape index (κ2) is 12.6. The highest BCUT2D eigenvalue weighted by molar-refractivity contribution is 7.26. The summed E-state index contributed by atoms with van der Waals surface area (Å²) in [6.07, 6.45) is 0. The molecule has 2 aliphatic rings. The Bertz CT molecular complexity index is 3470. The second-order valence-electron chi connectivity index (χ2n) is 15.6. The normalized spacial score (nSPS) is 13.0. The van der Waals surface area contributed by atoms with E-state index >= 15 is 0 Å². The summed E-state index contributed by atoms with van der Waals surface area (Å²) in [5.74, 6) is 0. The van der Waals surface area contributed by atoms with Gasteiger partial charge in [0.1, 0.15) is 11.2 Å². The monoisotopic (exact) mass is 768 g/mol. The molecule has 274 valence electrons. The first-order valence-corrected chi connectivity index (χ1v) is 21.0. The van der Waals surface area contributed by atoms with Gasteiger partial charge in [0.2, 0.25) is 0 Å². The molecule has 0 spiro atoms. The standard InChI is InChI=1S/C54H33BN2OS/c1-7-21-50-40(11-1)43-33-36(27-32-51(43)58-50)34-23-28-37(29-24-34)56-46-17-5-3-15-44(46)55-45-16-4-6-18-47(45)57(49-20-10-19-48(56)53(49)55)38-30-25-35(26-31-38)39-13-9-14-42-41-12-2-8-22-52(41)59-54(39)42/h1-33H. The summed E-state index contributed by atoms with van der Waals surface area (Å²) in [6, 6.07) is 73.3. The molecule has 0 radical (unpaired) electrons. The highest BCUT2D eigenvalue weighted by Gasteiger charge is 2.42. The second-order valence-corrected chi connectivity index (χ2v) is 16.7. The van der Waals surface area contributed by atoms with E-state index < -0.39 is 0 Å². The zero-order valence-corrected chi connectivity index (χ0v) is 32.7. The van der Waals surface area contributed by atoms with Crippen molar-refractivity contribution in [3.63, 3.8) is 0 Å². The summed E-state index contributed by atoms with van der Waals surface area (Å²) in [7, 11) is 0. The average Bonchev–Trinajstić information content (AvgIpc) is 3.87. The van der Waals surface area contributed by atoms with E-state index in [1.54, 1.807) is 0 Å². The van der Waals surface area contributed by atoms with Crippen molar-refractivity contribution in [1.82, 2.24) is 0 Å². The van der Waals surface area contributed by atoms with Crippen LogP contribution in [0.4, 0.5) is 34.1 Å². The molecule has 13 rings (SSSR count). The molecule has 0 saturated carbocycles. The van der Waals surface area contributed by atoms with Crippen molar-refractivity contribution in [1.29, 1.82) is 0 Å². The minimum Gasteiger partial charge on any atom is -0.456 e. The summed E-state index contributed by atoms with van der Waals surface area (Å²) < 4.78 is 8.80. The first-order valence-electron chi connectivity index (χ1n) is 20.2. The largest absolute Gasteiger partial charge is 0.456 e. The number of fused-ring (bicyclic) bond motifs is 10. The van der Waals surface area contributed by atoms with Crippen LogP contribution in [0.5, 0.6) is 0 Å².